The first-order valence-electron chi connectivity index (χ1n) is 7.39. The lowest BCUT2D eigenvalue weighted by Crippen LogP contribution is -2.27. The summed E-state index contributed by atoms with van der Waals surface area (Å²) in [5.41, 5.74) is 2.65. The van der Waals surface area contributed by atoms with Crippen molar-refractivity contribution < 1.29 is 4.79 Å². The Bertz CT molecular complexity index is 952. The van der Waals surface area contributed by atoms with Gasteiger partial charge in [-0.2, -0.15) is 5.10 Å². The second-order valence-electron chi connectivity index (χ2n) is 5.34. The second kappa shape index (κ2) is 5.57. The normalized spacial score (nSPS) is 11.1. The van der Waals surface area contributed by atoms with E-state index in [-0.39, 0.29) is 12.5 Å². The molecule has 0 aliphatic heterocycles. The van der Waals surface area contributed by atoms with Crippen LogP contribution in [0, 0.1) is 0 Å². The zero-order chi connectivity index (χ0) is 15.6. The molecular formula is C17H15N5O. The number of fused-ring (bicyclic) bond motifs is 2. The number of carbonyl (C=O) groups excluding carboxylic acids is 1. The quantitative estimate of drug-likeness (QED) is 0.627. The van der Waals surface area contributed by atoms with Gasteiger partial charge in [-0.15, -0.1) is 0 Å². The number of benzene rings is 1. The number of imidazole rings is 1. The molecule has 3 heterocycles. The zero-order valence-electron chi connectivity index (χ0n) is 12.4. The largest absolute Gasteiger partial charge is 0.349 e. The van der Waals surface area contributed by atoms with Crippen LogP contribution in [0.5, 0.6) is 0 Å². The molecule has 4 rings (SSSR count). The van der Waals surface area contributed by atoms with Crippen molar-refractivity contribution in [2.45, 2.75) is 13.1 Å². The second-order valence-corrected chi connectivity index (χ2v) is 5.34. The minimum absolute atomic E-state index is 0.0871. The monoisotopic (exact) mass is 305 g/mol. The molecule has 6 heteroatoms. The third kappa shape index (κ3) is 2.66. The number of nitrogens with one attached hydrogen (secondary N) is 1. The molecule has 0 spiro atoms. The van der Waals surface area contributed by atoms with Crippen LogP contribution in [0.15, 0.2) is 61.1 Å². The highest BCUT2D eigenvalue weighted by Crippen LogP contribution is 2.12. The van der Waals surface area contributed by atoms with Gasteiger partial charge in [0.25, 0.3) is 0 Å². The van der Waals surface area contributed by atoms with Crippen LogP contribution in [-0.4, -0.2) is 25.1 Å². The van der Waals surface area contributed by atoms with Crippen LogP contribution < -0.4 is 5.32 Å². The van der Waals surface area contributed by atoms with Crippen molar-refractivity contribution in [3.8, 4) is 0 Å². The predicted octanol–water partition coefficient (Wildman–Crippen LogP) is 2.00. The van der Waals surface area contributed by atoms with E-state index in [2.05, 4.69) is 15.4 Å². The van der Waals surface area contributed by atoms with Crippen molar-refractivity contribution in [3.05, 3.63) is 66.7 Å². The van der Waals surface area contributed by atoms with Crippen LogP contribution >= 0.6 is 0 Å². The fraction of sp³-hybridized carbons (Fsp3) is 0.118. The van der Waals surface area contributed by atoms with Crippen LogP contribution in [0.4, 0.5) is 0 Å². The summed E-state index contributed by atoms with van der Waals surface area (Å²) in [6.45, 7) is 0.598. The van der Waals surface area contributed by atoms with E-state index in [1.807, 2.05) is 59.3 Å². The number of rotatable bonds is 4. The summed E-state index contributed by atoms with van der Waals surface area (Å²) in [4.78, 5) is 16.6. The van der Waals surface area contributed by atoms with Crippen molar-refractivity contribution in [2.24, 2.45) is 0 Å². The summed E-state index contributed by atoms with van der Waals surface area (Å²) in [5, 5.41) is 8.18. The van der Waals surface area contributed by atoms with E-state index in [4.69, 9.17) is 0 Å². The average Bonchev–Trinajstić information content (AvgIpc) is 3.17. The molecule has 0 saturated carbocycles. The summed E-state index contributed by atoms with van der Waals surface area (Å²) in [6.07, 6.45) is 5.62. The summed E-state index contributed by atoms with van der Waals surface area (Å²) in [6, 6.07) is 13.6. The topological polar surface area (TPSA) is 64.2 Å². The molecule has 0 atom stereocenters. The minimum atomic E-state index is -0.0871. The summed E-state index contributed by atoms with van der Waals surface area (Å²) < 4.78 is 3.64. The highest BCUT2D eigenvalue weighted by Gasteiger charge is 2.08. The van der Waals surface area contributed by atoms with Gasteiger partial charge >= 0.3 is 0 Å². The van der Waals surface area contributed by atoms with Gasteiger partial charge in [0.1, 0.15) is 12.2 Å². The third-order valence-corrected chi connectivity index (χ3v) is 3.72. The highest BCUT2D eigenvalue weighted by atomic mass is 16.2. The molecule has 0 saturated heterocycles. The molecule has 1 amide bonds. The van der Waals surface area contributed by atoms with E-state index in [9.17, 15) is 4.79 Å². The van der Waals surface area contributed by atoms with Gasteiger partial charge in [0, 0.05) is 17.8 Å². The smallest absolute Gasteiger partial charge is 0.242 e. The molecule has 23 heavy (non-hydrogen) atoms. The SMILES string of the molecule is O=C(Cn1ncc2ccccc21)NCc1cn2ccccc2n1. The number of carbonyl (C=O) groups is 1. The lowest BCUT2D eigenvalue weighted by atomic mass is 10.2. The number of pyridine rings is 1. The molecule has 0 fully saturated rings. The molecule has 6 nitrogen and oxygen atoms in total. The molecule has 0 aliphatic rings. The van der Waals surface area contributed by atoms with Crippen LogP contribution in [0.1, 0.15) is 5.69 Å². The zero-order valence-corrected chi connectivity index (χ0v) is 12.4. The number of amides is 1. The molecular weight excluding hydrogens is 290 g/mol. The molecule has 1 aromatic carbocycles. The van der Waals surface area contributed by atoms with E-state index < -0.39 is 0 Å². The predicted molar refractivity (Wildman–Crippen MR) is 86.8 cm³/mol. The van der Waals surface area contributed by atoms with E-state index >= 15 is 0 Å². The summed E-state index contributed by atoms with van der Waals surface area (Å²) in [7, 11) is 0. The molecule has 3 aromatic heterocycles. The maximum absolute atomic E-state index is 12.1. The van der Waals surface area contributed by atoms with E-state index in [0.717, 1.165) is 22.2 Å². The Morgan fingerprint density at radius 3 is 2.91 bits per heavy atom. The Kier molecular flexibility index (Phi) is 3.27. The van der Waals surface area contributed by atoms with Crippen molar-refractivity contribution in [1.29, 1.82) is 0 Å². The highest BCUT2D eigenvalue weighted by molar-refractivity contribution is 5.81. The van der Waals surface area contributed by atoms with Gasteiger partial charge in [-0.25, -0.2) is 4.98 Å². The van der Waals surface area contributed by atoms with Crippen molar-refractivity contribution in [2.75, 3.05) is 0 Å². The fourth-order valence-electron chi connectivity index (χ4n) is 2.61. The van der Waals surface area contributed by atoms with Gasteiger partial charge in [0.2, 0.25) is 5.91 Å². The van der Waals surface area contributed by atoms with Gasteiger partial charge < -0.3 is 9.72 Å². The maximum Gasteiger partial charge on any atom is 0.242 e. The first-order valence-corrected chi connectivity index (χ1v) is 7.39. The van der Waals surface area contributed by atoms with Crippen LogP contribution in [-0.2, 0) is 17.9 Å². The summed E-state index contributed by atoms with van der Waals surface area (Å²) in [5.74, 6) is -0.0871. The van der Waals surface area contributed by atoms with Crippen molar-refractivity contribution in [3.63, 3.8) is 0 Å². The molecule has 0 bridgehead atoms. The van der Waals surface area contributed by atoms with Crippen LogP contribution in [0.3, 0.4) is 0 Å². The Morgan fingerprint density at radius 1 is 1.13 bits per heavy atom. The van der Waals surface area contributed by atoms with Crippen molar-refractivity contribution >= 4 is 22.5 Å². The standard InChI is InChI=1S/C17H15N5O/c23-17(12-22-15-6-2-1-5-13(15)9-19-22)18-10-14-11-21-8-4-3-7-16(21)20-14/h1-9,11H,10,12H2,(H,18,23). The Hall–Kier alpha value is -3.15. The summed E-state index contributed by atoms with van der Waals surface area (Å²) >= 11 is 0. The van der Waals surface area contributed by atoms with Gasteiger partial charge in [-0.3, -0.25) is 9.48 Å². The molecule has 114 valence electrons. The lowest BCUT2D eigenvalue weighted by molar-refractivity contribution is -0.121. The Balaban J connectivity index is 1.43. The molecule has 4 aromatic rings. The fourth-order valence-corrected chi connectivity index (χ4v) is 2.61. The Labute approximate surface area is 132 Å². The maximum atomic E-state index is 12.1. The molecule has 1 N–H and O–H groups in total. The van der Waals surface area contributed by atoms with E-state index in [1.165, 1.54) is 0 Å². The van der Waals surface area contributed by atoms with Gasteiger partial charge in [0.05, 0.1) is 24.0 Å². The van der Waals surface area contributed by atoms with Crippen LogP contribution in [0.25, 0.3) is 16.6 Å². The molecule has 0 unspecified atom stereocenters. The number of hydrogen-bond acceptors (Lipinski definition) is 3. The number of aromatic nitrogens is 4. The lowest BCUT2D eigenvalue weighted by Gasteiger charge is -2.04. The van der Waals surface area contributed by atoms with Crippen molar-refractivity contribution in [1.82, 2.24) is 24.5 Å². The van der Waals surface area contributed by atoms with Gasteiger partial charge in [-0.05, 0) is 18.2 Å². The first-order chi connectivity index (χ1) is 11.3. The minimum Gasteiger partial charge on any atom is -0.349 e. The van der Waals surface area contributed by atoms with Gasteiger partial charge in [-0.1, -0.05) is 24.3 Å². The molecule has 0 radical (unpaired) electrons. The van der Waals surface area contributed by atoms with Gasteiger partial charge in [0.15, 0.2) is 0 Å². The van der Waals surface area contributed by atoms with E-state index in [1.54, 1.807) is 10.9 Å². The number of para-hydroxylation sites is 1. The Morgan fingerprint density at radius 2 is 2.00 bits per heavy atom. The average molecular weight is 305 g/mol. The van der Waals surface area contributed by atoms with Crippen LogP contribution in [0.2, 0.25) is 0 Å². The number of hydrogen-bond donors (Lipinski definition) is 1. The molecule has 0 aliphatic carbocycles. The third-order valence-electron chi connectivity index (χ3n) is 3.72. The number of nitrogens with zero attached hydrogens (tertiary/aromatic N) is 4. The first kappa shape index (κ1) is 13.5. The van der Waals surface area contributed by atoms with E-state index in [0.29, 0.717) is 6.54 Å².